The maximum absolute atomic E-state index is 6.44. The van der Waals surface area contributed by atoms with Gasteiger partial charge in [0, 0.05) is 18.1 Å². The van der Waals surface area contributed by atoms with Crippen LogP contribution in [0.25, 0.3) is 0 Å². The van der Waals surface area contributed by atoms with Crippen LogP contribution in [0.4, 0.5) is 0 Å². The van der Waals surface area contributed by atoms with Gasteiger partial charge in [0.25, 0.3) is 0 Å². The molecule has 3 unspecified atom stereocenters. The number of hydrogen-bond donors (Lipinski definition) is 1. The molecule has 0 spiro atoms. The van der Waals surface area contributed by atoms with Crippen molar-refractivity contribution in [3.63, 3.8) is 0 Å². The van der Waals surface area contributed by atoms with Crippen LogP contribution in [0.5, 0.6) is 0 Å². The van der Waals surface area contributed by atoms with Crippen molar-refractivity contribution >= 4 is 0 Å². The van der Waals surface area contributed by atoms with Crippen molar-refractivity contribution in [1.82, 2.24) is 4.90 Å². The SMILES string of the molecule is CCC1CCCCCN1C1CCCCCC1N. The average Bonchev–Trinajstić information content (AvgIpc) is 2.68. The van der Waals surface area contributed by atoms with E-state index in [4.69, 9.17) is 5.73 Å². The molecule has 2 heteroatoms. The van der Waals surface area contributed by atoms with E-state index in [1.165, 1.54) is 70.8 Å². The maximum atomic E-state index is 6.44. The Morgan fingerprint density at radius 3 is 2.47 bits per heavy atom. The lowest BCUT2D eigenvalue weighted by Gasteiger charge is -2.39. The number of nitrogens with zero attached hydrogens (tertiary/aromatic N) is 1. The van der Waals surface area contributed by atoms with Crippen LogP contribution in [-0.4, -0.2) is 29.6 Å². The van der Waals surface area contributed by atoms with Crippen molar-refractivity contribution in [3.8, 4) is 0 Å². The van der Waals surface area contributed by atoms with Crippen molar-refractivity contribution in [2.75, 3.05) is 6.54 Å². The summed E-state index contributed by atoms with van der Waals surface area (Å²) >= 11 is 0. The summed E-state index contributed by atoms with van der Waals surface area (Å²) in [6, 6.07) is 1.93. The molecule has 1 heterocycles. The second kappa shape index (κ2) is 6.75. The van der Waals surface area contributed by atoms with Gasteiger partial charge in [-0.05, 0) is 38.6 Å². The molecule has 0 aromatic carbocycles. The zero-order chi connectivity index (χ0) is 12.1. The minimum Gasteiger partial charge on any atom is -0.326 e. The fourth-order valence-electron chi connectivity index (χ4n) is 3.80. The van der Waals surface area contributed by atoms with Gasteiger partial charge in [-0.25, -0.2) is 0 Å². The van der Waals surface area contributed by atoms with Crippen molar-refractivity contribution in [3.05, 3.63) is 0 Å². The molecular formula is C15H30N2. The van der Waals surface area contributed by atoms with Crippen LogP contribution in [0.1, 0.15) is 71.1 Å². The molecule has 0 aromatic heterocycles. The molecular weight excluding hydrogens is 208 g/mol. The summed E-state index contributed by atoms with van der Waals surface area (Å²) in [6.45, 7) is 3.65. The van der Waals surface area contributed by atoms with Crippen LogP contribution < -0.4 is 5.73 Å². The van der Waals surface area contributed by atoms with E-state index >= 15 is 0 Å². The Morgan fingerprint density at radius 2 is 1.65 bits per heavy atom. The van der Waals surface area contributed by atoms with Crippen LogP contribution in [0, 0.1) is 0 Å². The van der Waals surface area contributed by atoms with Crippen molar-refractivity contribution in [2.45, 2.75) is 89.3 Å². The highest BCUT2D eigenvalue weighted by Crippen LogP contribution is 2.28. The lowest BCUT2D eigenvalue weighted by Crippen LogP contribution is -2.51. The number of nitrogens with two attached hydrogens (primary N) is 1. The van der Waals surface area contributed by atoms with Gasteiger partial charge in [0.05, 0.1) is 0 Å². The van der Waals surface area contributed by atoms with Gasteiger partial charge in [-0.2, -0.15) is 0 Å². The minimum atomic E-state index is 0.435. The first-order valence-electron chi connectivity index (χ1n) is 7.84. The summed E-state index contributed by atoms with van der Waals surface area (Å²) in [6.07, 6.45) is 13.7. The van der Waals surface area contributed by atoms with Gasteiger partial charge in [0.15, 0.2) is 0 Å². The first-order chi connectivity index (χ1) is 8.33. The normalized spacial score (nSPS) is 37.4. The Kier molecular flexibility index (Phi) is 5.30. The molecule has 0 radical (unpaired) electrons. The topological polar surface area (TPSA) is 29.3 Å². The van der Waals surface area contributed by atoms with Gasteiger partial charge in [-0.15, -0.1) is 0 Å². The minimum absolute atomic E-state index is 0.435. The standard InChI is InChI=1S/C15H30N2/c1-2-13-9-5-4-8-12-17(13)15-11-7-3-6-10-14(15)16/h13-15H,2-12,16H2,1H3. The molecule has 2 nitrogen and oxygen atoms in total. The molecule has 1 saturated carbocycles. The van der Waals surface area contributed by atoms with Crippen molar-refractivity contribution < 1.29 is 0 Å². The lowest BCUT2D eigenvalue weighted by molar-refractivity contribution is 0.108. The average molecular weight is 238 g/mol. The van der Waals surface area contributed by atoms with E-state index in [1.807, 2.05) is 0 Å². The van der Waals surface area contributed by atoms with E-state index in [0.717, 1.165) is 6.04 Å². The quantitative estimate of drug-likeness (QED) is 0.748. The van der Waals surface area contributed by atoms with E-state index in [1.54, 1.807) is 0 Å². The first kappa shape index (κ1) is 13.4. The second-order valence-electron chi connectivity index (χ2n) is 6.02. The van der Waals surface area contributed by atoms with Gasteiger partial charge in [0.2, 0.25) is 0 Å². The van der Waals surface area contributed by atoms with Crippen molar-refractivity contribution in [2.24, 2.45) is 5.73 Å². The van der Waals surface area contributed by atoms with Crippen molar-refractivity contribution in [1.29, 1.82) is 0 Å². The third-order valence-electron chi connectivity index (χ3n) is 4.85. The highest BCUT2D eigenvalue weighted by molar-refractivity contribution is 4.89. The number of likely N-dealkylation sites (tertiary alicyclic amines) is 1. The van der Waals surface area contributed by atoms with E-state index in [0.29, 0.717) is 12.1 Å². The van der Waals surface area contributed by atoms with Crippen LogP contribution >= 0.6 is 0 Å². The molecule has 1 saturated heterocycles. The van der Waals surface area contributed by atoms with Crippen LogP contribution in [0.3, 0.4) is 0 Å². The van der Waals surface area contributed by atoms with Gasteiger partial charge in [-0.3, -0.25) is 4.90 Å². The maximum Gasteiger partial charge on any atom is 0.0250 e. The Bertz CT molecular complexity index is 217. The van der Waals surface area contributed by atoms with Gasteiger partial charge in [-0.1, -0.05) is 39.0 Å². The monoisotopic (exact) mass is 238 g/mol. The largest absolute Gasteiger partial charge is 0.326 e. The molecule has 100 valence electrons. The van der Waals surface area contributed by atoms with E-state index in [-0.39, 0.29) is 0 Å². The summed E-state index contributed by atoms with van der Waals surface area (Å²) in [5.74, 6) is 0. The Labute approximate surface area is 107 Å². The van der Waals surface area contributed by atoms with E-state index < -0.39 is 0 Å². The van der Waals surface area contributed by atoms with E-state index in [9.17, 15) is 0 Å². The summed E-state index contributed by atoms with van der Waals surface area (Å²) in [5, 5.41) is 0. The van der Waals surface area contributed by atoms with Gasteiger partial charge < -0.3 is 5.73 Å². The molecule has 3 atom stereocenters. The number of rotatable bonds is 2. The zero-order valence-electron chi connectivity index (χ0n) is 11.5. The summed E-state index contributed by atoms with van der Waals surface area (Å²) in [5.41, 5.74) is 6.44. The Hall–Kier alpha value is -0.0800. The molecule has 1 aliphatic heterocycles. The fourth-order valence-corrected chi connectivity index (χ4v) is 3.80. The highest BCUT2D eigenvalue weighted by atomic mass is 15.2. The van der Waals surface area contributed by atoms with E-state index in [2.05, 4.69) is 11.8 Å². The second-order valence-corrected chi connectivity index (χ2v) is 6.02. The van der Waals surface area contributed by atoms with Crippen LogP contribution in [-0.2, 0) is 0 Å². The molecule has 2 N–H and O–H groups in total. The highest BCUT2D eigenvalue weighted by Gasteiger charge is 2.31. The number of hydrogen-bond acceptors (Lipinski definition) is 2. The molecule has 17 heavy (non-hydrogen) atoms. The summed E-state index contributed by atoms with van der Waals surface area (Å²) in [7, 11) is 0. The summed E-state index contributed by atoms with van der Waals surface area (Å²) in [4.78, 5) is 2.79. The molecule has 2 rings (SSSR count). The molecule has 2 fully saturated rings. The third kappa shape index (κ3) is 3.45. The van der Waals surface area contributed by atoms with Crippen LogP contribution in [0.15, 0.2) is 0 Å². The molecule has 0 aromatic rings. The first-order valence-corrected chi connectivity index (χ1v) is 7.84. The Balaban J connectivity index is 2.04. The predicted octanol–water partition coefficient (Wildman–Crippen LogP) is 3.30. The molecule has 0 bridgehead atoms. The van der Waals surface area contributed by atoms with Gasteiger partial charge in [0.1, 0.15) is 0 Å². The molecule has 2 aliphatic rings. The molecule has 0 amide bonds. The molecule has 1 aliphatic carbocycles. The lowest BCUT2D eigenvalue weighted by atomic mass is 9.98. The zero-order valence-corrected chi connectivity index (χ0v) is 11.5. The smallest absolute Gasteiger partial charge is 0.0250 e. The van der Waals surface area contributed by atoms with Gasteiger partial charge >= 0.3 is 0 Å². The summed E-state index contributed by atoms with van der Waals surface area (Å²) < 4.78 is 0. The third-order valence-corrected chi connectivity index (χ3v) is 4.85. The Morgan fingerprint density at radius 1 is 0.941 bits per heavy atom. The predicted molar refractivity (Wildman–Crippen MR) is 74.1 cm³/mol. The van der Waals surface area contributed by atoms with Crippen LogP contribution in [0.2, 0.25) is 0 Å². The fraction of sp³-hybridized carbons (Fsp3) is 1.00.